The van der Waals surface area contributed by atoms with E-state index in [0.29, 0.717) is 6.04 Å². The lowest BCUT2D eigenvalue weighted by atomic mass is 9.93. The van der Waals surface area contributed by atoms with Gasteiger partial charge in [0, 0.05) is 24.7 Å². The zero-order chi connectivity index (χ0) is 13.0. The lowest BCUT2D eigenvalue weighted by molar-refractivity contribution is -0.0341. The van der Waals surface area contributed by atoms with Crippen LogP contribution in [-0.4, -0.2) is 22.5 Å². The van der Waals surface area contributed by atoms with Crippen molar-refractivity contribution in [2.45, 2.75) is 64.0 Å². The van der Waals surface area contributed by atoms with Crippen LogP contribution in [0.3, 0.4) is 0 Å². The second-order valence-corrected chi connectivity index (χ2v) is 6.09. The maximum atomic E-state index is 5.82. The van der Waals surface area contributed by atoms with Crippen LogP contribution >= 0.6 is 11.5 Å². The normalized spacial score (nSPS) is 19.8. The maximum Gasteiger partial charge on any atom is 0.202 e. The lowest BCUT2D eigenvalue weighted by Crippen LogP contribution is -2.29. The number of aromatic nitrogens is 2. The van der Waals surface area contributed by atoms with Crippen molar-refractivity contribution in [3.05, 3.63) is 5.82 Å². The van der Waals surface area contributed by atoms with Crippen molar-refractivity contribution in [3.63, 3.8) is 0 Å². The van der Waals surface area contributed by atoms with Crippen molar-refractivity contribution in [1.29, 1.82) is 0 Å². The van der Waals surface area contributed by atoms with Gasteiger partial charge < -0.3 is 10.1 Å². The highest BCUT2D eigenvalue weighted by Gasteiger charge is 2.36. The van der Waals surface area contributed by atoms with Gasteiger partial charge in [0.2, 0.25) is 5.13 Å². The van der Waals surface area contributed by atoms with Gasteiger partial charge in [0.05, 0.1) is 0 Å². The highest BCUT2D eigenvalue weighted by molar-refractivity contribution is 7.09. The molecule has 2 rings (SSSR count). The summed E-state index contributed by atoms with van der Waals surface area (Å²) in [5.41, 5.74) is -0.246. The molecule has 4 nitrogen and oxygen atoms in total. The van der Waals surface area contributed by atoms with Gasteiger partial charge in [-0.1, -0.05) is 25.7 Å². The van der Waals surface area contributed by atoms with E-state index in [1.54, 1.807) is 7.11 Å². The van der Waals surface area contributed by atoms with Crippen molar-refractivity contribution < 1.29 is 4.74 Å². The van der Waals surface area contributed by atoms with Crippen LogP contribution in [0.15, 0.2) is 0 Å². The minimum Gasteiger partial charge on any atom is -0.370 e. The third-order valence-corrected chi connectivity index (χ3v) is 4.19. The first kappa shape index (κ1) is 13.7. The van der Waals surface area contributed by atoms with Crippen LogP contribution in [0.2, 0.25) is 0 Å². The molecule has 0 spiro atoms. The molecule has 0 unspecified atom stereocenters. The summed E-state index contributed by atoms with van der Waals surface area (Å²) in [7, 11) is 1.79. The first-order valence-electron chi connectivity index (χ1n) is 6.82. The van der Waals surface area contributed by atoms with E-state index in [0.717, 1.165) is 23.8 Å². The number of nitrogens with one attached hydrogen (secondary N) is 1. The van der Waals surface area contributed by atoms with E-state index in [-0.39, 0.29) is 5.60 Å². The Kier molecular flexibility index (Phi) is 4.56. The molecular weight excluding hydrogens is 246 g/mol. The summed E-state index contributed by atoms with van der Waals surface area (Å²) in [6.45, 7) is 4.22. The van der Waals surface area contributed by atoms with Crippen molar-refractivity contribution >= 4 is 16.7 Å². The molecule has 18 heavy (non-hydrogen) atoms. The summed E-state index contributed by atoms with van der Waals surface area (Å²) in [6, 6.07) is 0.387. The van der Waals surface area contributed by atoms with Crippen molar-refractivity contribution in [2.75, 3.05) is 12.4 Å². The zero-order valence-corrected chi connectivity index (χ0v) is 12.3. The van der Waals surface area contributed by atoms with E-state index in [9.17, 15) is 0 Å². The second-order valence-electron chi connectivity index (χ2n) is 5.33. The molecule has 0 atom stereocenters. The first-order chi connectivity index (χ1) is 8.66. The van der Waals surface area contributed by atoms with Crippen LogP contribution in [0.5, 0.6) is 0 Å². The van der Waals surface area contributed by atoms with Crippen molar-refractivity contribution in [3.8, 4) is 0 Å². The average molecular weight is 269 g/mol. The van der Waals surface area contributed by atoms with Crippen LogP contribution in [0, 0.1) is 0 Å². The molecule has 1 aliphatic carbocycles. The average Bonchev–Trinajstić information content (AvgIpc) is 2.66. The van der Waals surface area contributed by atoms with E-state index in [2.05, 4.69) is 28.5 Å². The lowest BCUT2D eigenvalue weighted by Gasteiger charge is -2.28. The highest BCUT2D eigenvalue weighted by Crippen LogP contribution is 2.38. The Balaban J connectivity index is 2.17. The molecule has 1 fully saturated rings. The molecule has 1 aromatic heterocycles. The van der Waals surface area contributed by atoms with E-state index < -0.39 is 0 Å². The van der Waals surface area contributed by atoms with Crippen LogP contribution in [0.1, 0.15) is 58.2 Å². The topological polar surface area (TPSA) is 47.0 Å². The van der Waals surface area contributed by atoms with Crippen LogP contribution in [0.4, 0.5) is 5.13 Å². The van der Waals surface area contributed by atoms with E-state index in [1.165, 1.54) is 37.2 Å². The molecule has 102 valence electrons. The molecule has 0 aromatic carbocycles. The van der Waals surface area contributed by atoms with Crippen molar-refractivity contribution in [2.24, 2.45) is 0 Å². The third-order valence-electron chi connectivity index (χ3n) is 3.55. The number of rotatable bonds is 4. The Morgan fingerprint density at radius 2 is 1.89 bits per heavy atom. The van der Waals surface area contributed by atoms with Gasteiger partial charge in [0.15, 0.2) is 5.82 Å². The standard InChI is InChI=1S/C13H23N3OS/c1-10(2)14-12-15-11(16-18-12)13(17-3)8-6-4-5-7-9-13/h10H,4-9H2,1-3H3,(H,14,15,16). The Hall–Kier alpha value is -0.680. The number of nitrogens with zero attached hydrogens (tertiary/aromatic N) is 2. The molecule has 1 heterocycles. The Bertz CT molecular complexity index is 370. The van der Waals surface area contributed by atoms with Gasteiger partial charge in [-0.05, 0) is 26.7 Å². The maximum absolute atomic E-state index is 5.82. The number of ether oxygens (including phenoxy) is 1. The smallest absolute Gasteiger partial charge is 0.202 e. The van der Waals surface area contributed by atoms with Crippen LogP contribution < -0.4 is 5.32 Å². The van der Waals surface area contributed by atoms with E-state index in [4.69, 9.17) is 4.74 Å². The molecule has 0 saturated heterocycles. The van der Waals surface area contributed by atoms with Crippen LogP contribution in [-0.2, 0) is 10.3 Å². The monoisotopic (exact) mass is 269 g/mol. The molecule has 0 aliphatic heterocycles. The molecular formula is C13H23N3OS. The third kappa shape index (κ3) is 3.01. The molecule has 5 heteroatoms. The fraction of sp³-hybridized carbons (Fsp3) is 0.846. The molecule has 0 bridgehead atoms. The summed E-state index contributed by atoms with van der Waals surface area (Å²) < 4.78 is 10.3. The number of hydrogen-bond donors (Lipinski definition) is 1. The molecule has 1 aliphatic rings. The summed E-state index contributed by atoms with van der Waals surface area (Å²) in [4.78, 5) is 4.63. The van der Waals surface area contributed by atoms with Gasteiger partial charge in [0.1, 0.15) is 5.60 Å². The van der Waals surface area contributed by atoms with E-state index >= 15 is 0 Å². The van der Waals surface area contributed by atoms with Crippen molar-refractivity contribution in [1.82, 2.24) is 9.36 Å². The highest BCUT2D eigenvalue weighted by atomic mass is 32.1. The zero-order valence-electron chi connectivity index (χ0n) is 11.5. The largest absolute Gasteiger partial charge is 0.370 e. The minimum absolute atomic E-state index is 0.246. The van der Waals surface area contributed by atoms with Crippen LogP contribution in [0.25, 0.3) is 0 Å². The number of anilines is 1. The second kappa shape index (κ2) is 5.97. The van der Waals surface area contributed by atoms with Gasteiger partial charge in [-0.2, -0.15) is 4.37 Å². The summed E-state index contributed by atoms with van der Waals surface area (Å²) in [5, 5.41) is 4.21. The molecule has 0 radical (unpaired) electrons. The fourth-order valence-electron chi connectivity index (χ4n) is 2.53. The SMILES string of the molecule is COC1(c2nsc(NC(C)C)n2)CCCCCC1. The predicted molar refractivity (Wildman–Crippen MR) is 75.1 cm³/mol. The van der Waals surface area contributed by atoms with Gasteiger partial charge >= 0.3 is 0 Å². The summed E-state index contributed by atoms with van der Waals surface area (Å²) in [5.74, 6) is 0.875. The molecule has 0 amide bonds. The van der Waals surface area contributed by atoms with Gasteiger partial charge in [-0.25, -0.2) is 4.98 Å². The van der Waals surface area contributed by atoms with Gasteiger partial charge in [0.25, 0.3) is 0 Å². The molecule has 1 N–H and O–H groups in total. The quantitative estimate of drug-likeness (QED) is 0.849. The number of hydrogen-bond acceptors (Lipinski definition) is 5. The molecule has 1 saturated carbocycles. The Morgan fingerprint density at radius 1 is 1.22 bits per heavy atom. The first-order valence-corrected chi connectivity index (χ1v) is 7.59. The van der Waals surface area contributed by atoms with E-state index in [1.807, 2.05) is 0 Å². The predicted octanol–water partition coefficient (Wildman–Crippen LogP) is 3.55. The summed E-state index contributed by atoms with van der Waals surface area (Å²) >= 11 is 1.44. The fourth-order valence-corrected chi connectivity index (χ4v) is 3.33. The van der Waals surface area contributed by atoms with Gasteiger partial charge in [-0.15, -0.1) is 0 Å². The molecule has 1 aromatic rings. The summed E-state index contributed by atoms with van der Waals surface area (Å²) in [6.07, 6.45) is 7.10. The Morgan fingerprint density at radius 3 is 2.44 bits per heavy atom. The number of methoxy groups -OCH3 is 1. The van der Waals surface area contributed by atoms with Gasteiger partial charge in [-0.3, -0.25) is 0 Å². The minimum atomic E-state index is -0.246. The Labute approximate surface area is 113 Å².